The Morgan fingerprint density at radius 1 is 1.24 bits per heavy atom. The lowest BCUT2D eigenvalue weighted by atomic mass is 10.2. The van der Waals surface area contributed by atoms with Crippen molar-refractivity contribution in [3.05, 3.63) is 36.2 Å². The maximum Gasteiger partial charge on any atom is 0.271 e. The molecule has 2 rings (SSSR count). The largest absolute Gasteiger partial charge is 0.300 e. The van der Waals surface area contributed by atoms with Crippen LogP contribution in [0.15, 0.2) is 35.7 Å². The zero-order valence-electron chi connectivity index (χ0n) is 11.6. The molecule has 1 heterocycles. The molecule has 0 aliphatic rings. The van der Waals surface area contributed by atoms with E-state index < -0.39 is 0 Å². The zero-order valence-corrected chi connectivity index (χ0v) is 11.6. The Hall–Kier alpha value is -2.90. The van der Waals surface area contributed by atoms with E-state index in [-0.39, 0.29) is 18.1 Å². The average molecular weight is 286 g/mol. The van der Waals surface area contributed by atoms with Crippen molar-refractivity contribution in [3.8, 4) is 5.69 Å². The number of hydrazone groups is 1. The van der Waals surface area contributed by atoms with Gasteiger partial charge in [0.25, 0.3) is 5.91 Å². The summed E-state index contributed by atoms with van der Waals surface area (Å²) in [6, 6.07) is 6.72. The molecule has 0 atom stereocenters. The van der Waals surface area contributed by atoms with E-state index in [9.17, 15) is 9.59 Å². The van der Waals surface area contributed by atoms with Gasteiger partial charge in [-0.15, -0.1) is 5.10 Å². The minimum absolute atomic E-state index is 0.00343. The van der Waals surface area contributed by atoms with E-state index in [0.717, 1.165) is 5.69 Å². The fraction of sp³-hybridized carbons (Fsp3) is 0.231. The highest BCUT2D eigenvalue weighted by atomic mass is 16.2. The molecule has 0 unspecified atom stereocenters. The van der Waals surface area contributed by atoms with E-state index in [0.29, 0.717) is 11.3 Å². The summed E-state index contributed by atoms with van der Waals surface area (Å²) in [6.45, 7) is 3.15. The first-order valence-corrected chi connectivity index (χ1v) is 6.22. The van der Waals surface area contributed by atoms with Crippen molar-refractivity contribution in [2.24, 2.45) is 5.10 Å². The molecule has 1 N–H and O–H groups in total. The van der Waals surface area contributed by atoms with Crippen molar-refractivity contribution >= 4 is 17.4 Å². The maximum atomic E-state index is 11.9. The molecule has 0 radical (unpaired) electrons. The van der Waals surface area contributed by atoms with Crippen LogP contribution >= 0.6 is 0 Å². The van der Waals surface area contributed by atoms with Gasteiger partial charge >= 0.3 is 0 Å². The summed E-state index contributed by atoms with van der Waals surface area (Å²) in [6.07, 6.45) is 1.68. The Kier molecular flexibility index (Phi) is 4.50. The van der Waals surface area contributed by atoms with Crippen LogP contribution in [0.4, 0.5) is 0 Å². The molecule has 108 valence electrons. The van der Waals surface area contributed by atoms with Crippen LogP contribution in [-0.2, 0) is 4.79 Å². The predicted octanol–water partition coefficient (Wildman–Crippen LogP) is 0.747. The Morgan fingerprint density at radius 3 is 2.52 bits per heavy atom. The summed E-state index contributed by atoms with van der Waals surface area (Å²) < 4.78 is 1.48. The van der Waals surface area contributed by atoms with Crippen molar-refractivity contribution in [2.75, 3.05) is 0 Å². The first kappa shape index (κ1) is 14.5. The summed E-state index contributed by atoms with van der Waals surface area (Å²) >= 11 is 0. The average Bonchev–Trinajstić information content (AvgIpc) is 2.98. The van der Waals surface area contributed by atoms with E-state index in [1.807, 2.05) is 0 Å². The van der Waals surface area contributed by atoms with Crippen LogP contribution < -0.4 is 5.43 Å². The number of benzene rings is 1. The second kappa shape index (κ2) is 6.51. The number of hydrogen-bond donors (Lipinski definition) is 1. The second-order valence-corrected chi connectivity index (χ2v) is 4.47. The third-order valence-corrected chi connectivity index (χ3v) is 2.60. The van der Waals surface area contributed by atoms with Gasteiger partial charge in [0.05, 0.1) is 5.69 Å². The first-order chi connectivity index (χ1) is 10.1. The number of aromatic nitrogens is 4. The summed E-state index contributed by atoms with van der Waals surface area (Å²) in [7, 11) is 0. The number of hydrogen-bond acceptors (Lipinski definition) is 6. The monoisotopic (exact) mass is 286 g/mol. The molecule has 2 aromatic rings. The van der Waals surface area contributed by atoms with Gasteiger partial charge in [0.15, 0.2) is 0 Å². The Bertz CT molecular complexity index is 660. The summed E-state index contributed by atoms with van der Waals surface area (Å²) in [5.41, 5.74) is 4.16. The van der Waals surface area contributed by atoms with Gasteiger partial charge in [0.2, 0.25) is 0 Å². The number of rotatable bonds is 5. The highest BCUT2D eigenvalue weighted by Gasteiger charge is 2.06. The van der Waals surface area contributed by atoms with Gasteiger partial charge in [-0.05, 0) is 48.5 Å². The van der Waals surface area contributed by atoms with Gasteiger partial charge in [0, 0.05) is 17.7 Å². The molecule has 0 bridgehead atoms. The highest BCUT2D eigenvalue weighted by Crippen LogP contribution is 2.07. The van der Waals surface area contributed by atoms with Crippen molar-refractivity contribution in [1.82, 2.24) is 25.6 Å². The fourth-order valence-corrected chi connectivity index (χ4v) is 1.66. The summed E-state index contributed by atoms with van der Waals surface area (Å²) in [5, 5.41) is 14.7. The molecular formula is C13H14N6O2. The van der Waals surface area contributed by atoms with Crippen LogP contribution in [0.3, 0.4) is 0 Å². The Balaban J connectivity index is 2.02. The van der Waals surface area contributed by atoms with E-state index in [1.54, 1.807) is 31.2 Å². The lowest BCUT2D eigenvalue weighted by Gasteiger charge is -2.03. The molecule has 1 aromatic carbocycles. The van der Waals surface area contributed by atoms with E-state index in [1.165, 1.54) is 17.9 Å². The van der Waals surface area contributed by atoms with Gasteiger partial charge in [-0.1, -0.05) is 0 Å². The number of ketones is 1. The van der Waals surface area contributed by atoms with Crippen LogP contribution in [0.5, 0.6) is 0 Å². The molecule has 1 aromatic heterocycles. The SMILES string of the molecule is CC(=O)C/C(C)=N\NC(=O)c1ccc(-n2cnnn2)cc1. The minimum atomic E-state index is -0.346. The zero-order chi connectivity index (χ0) is 15.2. The molecular weight excluding hydrogens is 272 g/mol. The molecule has 21 heavy (non-hydrogen) atoms. The number of nitrogens with one attached hydrogen (secondary N) is 1. The number of Topliss-reactive ketones (excluding diaryl/α,β-unsaturated/α-hetero) is 1. The molecule has 8 nitrogen and oxygen atoms in total. The van der Waals surface area contributed by atoms with Crippen LogP contribution in [-0.4, -0.2) is 37.6 Å². The van der Waals surface area contributed by atoms with E-state index in [2.05, 4.69) is 26.1 Å². The Labute approximate surface area is 120 Å². The molecule has 0 aliphatic carbocycles. The van der Waals surface area contributed by atoms with E-state index >= 15 is 0 Å². The molecule has 0 fully saturated rings. The van der Waals surface area contributed by atoms with Gasteiger partial charge < -0.3 is 0 Å². The third kappa shape index (κ3) is 4.03. The quantitative estimate of drug-likeness (QED) is 0.645. The fourth-order valence-electron chi connectivity index (χ4n) is 1.66. The number of nitrogens with zero attached hydrogens (tertiary/aromatic N) is 5. The maximum absolute atomic E-state index is 11.9. The molecule has 0 saturated carbocycles. The van der Waals surface area contributed by atoms with Crippen molar-refractivity contribution < 1.29 is 9.59 Å². The third-order valence-electron chi connectivity index (χ3n) is 2.60. The Morgan fingerprint density at radius 2 is 1.95 bits per heavy atom. The molecule has 1 amide bonds. The predicted molar refractivity (Wildman–Crippen MR) is 75.0 cm³/mol. The van der Waals surface area contributed by atoms with Crippen molar-refractivity contribution in [1.29, 1.82) is 0 Å². The number of carbonyl (C=O) groups is 2. The van der Waals surface area contributed by atoms with Gasteiger partial charge in [-0.25, -0.2) is 10.1 Å². The lowest BCUT2D eigenvalue weighted by molar-refractivity contribution is -0.115. The first-order valence-electron chi connectivity index (χ1n) is 6.22. The topological polar surface area (TPSA) is 102 Å². The number of amides is 1. The second-order valence-electron chi connectivity index (χ2n) is 4.47. The van der Waals surface area contributed by atoms with Crippen LogP contribution in [0.1, 0.15) is 30.6 Å². The summed E-state index contributed by atoms with van der Waals surface area (Å²) in [4.78, 5) is 22.8. The molecule has 0 spiro atoms. The van der Waals surface area contributed by atoms with Gasteiger partial charge in [0.1, 0.15) is 12.1 Å². The van der Waals surface area contributed by atoms with Gasteiger partial charge in [-0.2, -0.15) is 5.10 Å². The van der Waals surface area contributed by atoms with Crippen molar-refractivity contribution in [2.45, 2.75) is 20.3 Å². The molecule has 0 saturated heterocycles. The molecule has 0 aliphatic heterocycles. The lowest BCUT2D eigenvalue weighted by Crippen LogP contribution is -2.19. The highest BCUT2D eigenvalue weighted by molar-refractivity contribution is 6.01. The number of carbonyl (C=O) groups excluding carboxylic acids is 2. The number of tetrazole rings is 1. The van der Waals surface area contributed by atoms with Crippen molar-refractivity contribution in [3.63, 3.8) is 0 Å². The van der Waals surface area contributed by atoms with Gasteiger partial charge in [-0.3, -0.25) is 9.59 Å². The smallest absolute Gasteiger partial charge is 0.271 e. The van der Waals surface area contributed by atoms with Crippen LogP contribution in [0.2, 0.25) is 0 Å². The van der Waals surface area contributed by atoms with E-state index in [4.69, 9.17) is 0 Å². The summed E-state index contributed by atoms with van der Waals surface area (Å²) in [5.74, 6) is -0.350. The standard InChI is InChI=1S/C13H14N6O2/c1-9(7-10(2)20)15-16-13(21)11-3-5-12(6-4-11)19-8-14-17-18-19/h3-6,8H,7H2,1-2H3,(H,16,21)/b15-9-. The molecule has 8 heteroatoms. The normalized spacial score (nSPS) is 11.2. The van der Waals surface area contributed by atoms with Crippen LogP contribution in [0.25, 0.3) is 5.69 Å². The minimum Gasteiger partial charge on any atom is -0.300 e. The van der Waals surface area contributed by atoms with Crippen LogP contribution in [0, 0.1) is 0 Å².